The van der Waals surface area contributed by atoms with Gasteiger partial charge < -0.3 is 9.69 Å². The highest BCUT2D eigenvalue weighted by molar-refractivity contribution is 5.78. The number of hydrogen-bond donors (Lipinski definition) is 0. The summed E-state index contributed by atoms with van der Waals surface area (Å²) in [6.45, 7) is 6.12. The Balaban J connectivity index is 2.41. The fourth-order valence-corrected chi connectivity index (χ4v) is 1.94. The van der Waals surface area contributed by atoms with Crippen molar-refractivity contribution in [2.24, 2.45) is 5.92 Å². The predicted octanol–water partition coefficient (Wildman–Crippen LogP) is 0.764. The summed E-state index contributed by atoms with van der Waals surface area (Å²) in [6, 6.07) is 0.235. The number of aldehydes is 1. The van der Waals surface area contributed by atoms with Gasteiger partial charge in [-0.25, -0.2) is 0 Å². The smallest absolute Gasteiger partial charge is 0.236 e. The highest BCUT2D eigenvalue weighted by Gasteiger charge is 2.22. The number of likely N-dealkylation sites (N-methyl/N-ethyl adjacent to an activating group) is 1. The fraction of sp³-hybridized carbons (Fsp3) is 0.833. The molecule has 0 bridgehead atoms. The van der Waals surface area contributed by atoms with Crippen LogP contribution in [0.2, 0.25) is 0 Å². The van der Waals surface area contributed by atoms with Gasteiger partial charge >= 0.3 is 0 Å². The molecule has 0 spiro atoms. The monoisotopic (exact) mass is 226 g/mol. The van der Waals surface area contributed by atoms with Crippen molar-refractivity contribution in [2.75, 3.05) is 26.7 Å². The van der Waals surface area contributed by atoms with Gasteiger partial charge in [0.25, 0.3) is 0 Å². The number of nitrogens with zero attached hydrogens (tertiary/aromatic N) is 2. The molecule has 1 rings (SSSR count). The Hall–Kier alpha value is -0.900. The fourth-order valence-electron chi connectivity index (χ4n) is 1.94. The third kappa shape index (κ3) is 3.59. The van der Waals surface area contributed by atoms with Crippen LogP contribution in [0.1, 0.15) is 26.7 Å². The maximum atomic E-state index is 11.8. The van der Waals surface area contributed by atoms with Crippen LogP contribution in [-0.2, 0) is 9.59 Å². The number of hydrogen-bond acceptors (Lipinski definition) is 3. The second-order valence-corrected chi connectivity index (χ2v) is 4.87. The first-order valence-corrected chi connectivity index (χ1v) is 5.98. The van der Waals surface area contributed by atoms with Crippen molar-refractivity contribution in [2.45, 2.75) is 32.7 Å². The van der Waals surface area contributed by atoms with Crippen molar-refractivity contribution < 1.29 is 9.59 Å². The molecule has 1 atom stereocenters. The highest BCUT2D eigenvalue weighted by atomic mass is 16.2. The van der Waals surface area contributed by atoms with Gasteiger partial charge in [0.1, 0.15) is 6.29 Å². The van der Waals surface area contributed by atoms with Gasteiger partial charge in [0, 0.05) is 25.6 Å². The lowest BCUT2D eigenvalue weighted by molar-refractivity contribution is -0.133. The van der Waals surface area contributed by atoms with Crippen LogP contribution in [0.25, 0.3) is 0 Å². The van der Waals surface area contributed by atoms with Crippen LogP contribution in [0.5, 0.6) is 0 Å². The van der Waals surface area contributed by atoms with E-state index in [9.17, 15) is 9.59 Å². The van der Waals surface area contributed by atoms with Crippen LogP contribution in [0.15, 0.2) is 0 Å². The summed E-state index contributed by atoms with van der Waals surface area (Å²) in [6.07, 6.45) is 3.00. The van der Waals surface area contributed by atoms with Gasteiger partial charge in [-0.3, -0.25) is 9.69 Å². The average Bonchev–Trinajstić information content (AvgIpc) is 2.28. The van der Waals surface area contributed by atoms with Gasteiger partial charge in [0.2, 0.25) is 5.91 Å². The maximum absolute atomic E-state index is 11.8. The number of carbonyl (C=O) groups excluding carboxylic acids is 2. The molecule has 0 N–H and O–H groups in total. The molecule has 1 heterocycles. The molecule has 1 aliphatic heterocycles. The van der Waals surface area contributed by atoms with Crippen molar-refractivity contribution in [3.63, 3.8) is 0 Å². The predicted molar refractivity (Wildman–Crippen MR) is 63.1 cm³/mol. The van der Waals surface area contributed by atoms with Gasteiger partial charge in [-0.2, -0.15) is 0 Å². The summed E-state index contributed by atoms with van der Waals surface area (Å²) in [5.74, 6) is 0.257. The summed E-state index contributed by atoms with van der Waals surface area (Å²) >= 11 is 0. The maximum Gasteiger partial charge on any atom is 0.236 e. The number of piperidine rings is 1. The minimum Gasteiger partial charge on any atom is -0.342 e. The molecule has 1 fully saturated rings. The molecule has 4 heteroatoms. The van der Waals surface area contributed by atoms with Gasteiger partial charge in [-0.1, -0.05) is 0 Å². The van der Waals surface area contributed by atoms with Crippen LogP contribution in [0.3, 0.4) is 0 Å². The zero-order valence-electron chi connectivity index (χ0n) is 10.5. The number of carbonyl (C=O) groups is 2. The van der Waals surface area contributed by atoms with Crippen LogP contribution < -0.4 is 0 Å². The van der Waals surface area contributed by atoms with Crippen molar-refractivity contribution in [3.8, 4) is 0 Å². The second kappa shape index (κ2) is 5.99. The lowest BCUT2D eigenvalue weighted by atomic mass is 10.00. The van der Waals surface area contributed by atoms with Gasteiger partial charge in [0.05, 0.1) is 6.54 Å². The van der Waals surface area contributed by atoms with Crippen LogP contribution in [-0.4, -0.2) is 54.7 Å². The van der Waals surface area contributed by atoms with Crippen LogP contribution in [0, 0.1) is 5.92 Å². The molecule has 0 radical (unpaired) electrons. The van der Waals surface area contributed by atoms with E-state index in [1.54, 1.807) is 4.90 Å². The van der Waals surface area contributed by atoms with Crippen molar-refractivity contribution in [1.29, 1.82) is 0 Å². The van der Waals surface area contributed by atoms with Crippen molar-refractivity contribution in [3.05, 3.63) is 0 Å². The van der Waals surface area contributed by atoms with E-state index in [0.29, 0.717) is 6.54 Å². The summed E-state index contributed by atoms with van der Waals surface area (Å²) < 4.78 is 0. The minimum absolute atomic E-state index is 0.117. The molecule has 1 aliphatic rings. The molecule has 16 heavy (non-hydrogen) atoms. The van der Waals surface area contributed by atoms with E-state index in [1.807, 2.05) is 20.9 Å². The van der Waals surface area contributed by atoms with Crippen molar-refractivity contribution >= 4 is 12.2 Å². The summed E-state index contributed by atoms with van der Waals surface area (Å²) in [4.78, 5) is 26.4. The first-order chi connectivity index (χ1) is 7.54. The van der Waals surface area contributed by atoms with E-state index in [1.165, 1.54) is 0 Å². The molecule has 92 valence electrons. The van der Waals surface area contributed by atoms with E-state index in [0.717, 1.165) is 32.2 Å². The van der Waals surface area contributed by atoms with E-state index in [-0.39, 0.29) is 17.9 Å². The van der Waals surface area contributed by atoms with Gasteiger partial charge in [0.15, 0.2) is 0 Å². The first kappa shape index (κ1) is 13.2. The molecule has 1 saturated heterocycles. The Bertz CT molecular complexity index is 253. The van der Waals surface area contributed by atoms with Gasteiger partial charge in [-0.05, 0) is 33.2 Å². The Morgan fingerprint density at radius 1 is 1.56 bits per heavy atom. The third-order valence-corrected chi connectivity index (χ3v) is 3.26. The molecule has 0 saturated carbocycles. The zero-order valence-corrected chi connectivity index (χ0v) is 10.5. The van der Waals surface area contributed by atoms with Crippen LogP contribution >= 0.6 is 0 Å². The molecular weight excluding hydrogens is 204 g/mol. The van der Waals surface area contributed by atoms with E-state index in [2.05, 4.69) is 4.90 Å². The van der Waals surface area contributed by atoms with E-state index >= 15 is 0 Å². The van der Waals surface area contributed by atoms with Crippen molar-refractivity contribution in [1.82, 2.24) is 9.80 Å². The van der Waals surface area contributed by atoms with Crippen LogP contribution in [0.4, 0.5) is 0 Å². The molecule has 0 aromatic carbocycles. The standard InChI is InChI=1S/C12H22N2O2/c1-10(2)13(3)12(16)8-14-6-4-5-11(7-14)9-15/h9-11H,4-8H2,1-3H3. The molecule has 1 unspecified atom stereocenters. The second-order valence-electron chi connectivity index (χ2n) is 4.87. The van der Waals surface area contributed by atoms with E-state index < -0.39 is 0 Å². The molecule has 4 nitrogen and oxygen atoms in total. The largest absolute Gasteiger partial charge is 0.342 e. The Morgan fingerprint density at radius 3 is 2.81 bits per heavy atom. The van der Waals surface area contributed by atoms with Gasteiger partial charge in [-0.15, -0.1) is 0 Å². The summed E-state index contributed by atoms with van der Waals surface area (Å²) in [5.41, 5.74) is 0. The molecule has 0 aromatic rings. The lowest BCUT2D eigenvalue weighted by Gasteiger charge is -2.31. The zero-order chi connectivity index (χ0) is 12.1. The molecule has 1 amide bonds. The first-order valence-electron chi connectivity index (χ1n) is 5.98. The Morgan fingerprint density at radius 2 is 2.25 bits per heavy atom. The lowest BCUT2D eigenvalue weighted by Crippen LogP contribution is -2.45. The number of rotatable bonds is 4. The normalized spacial score (nSPS) is 22.1. The SMILES string of the molecule is CC(C)N(C)C(=O)CN1CCCC(C=O)C1. The number of likely N-dealkylation sites (tertiary alicyclic amines) is 1. The average molecular weight is 226 g/mol. The number of amides is 1. The molecule has 0 aliphatic carbocycles. The quantitative estimate of drug-likeness (QED) is 0.665. The van der Waals surface area contributed by atoms with E-state index in [4.69, 9.17) is 0 Å². The Labute approximate surface area is 97.6 Å². The summed E-state index contributed by atoms with van der Waals surface area (Å²) in [5, 5.41) is 0. The minimum atomic E-state index is 0.117. The molecular formula is C12H22N2O2. The third-order valence-electron chi connectivity index (χ3n) is 3.26. The highest BCUT2D eigenvalue weighted by Crippen LogP contribution is 2.14. The summed E-state index contributed by atoms with van der Waals surface area (Å²) in [7, 11) is 1.83. The Kier molecular flexibility index (Phi) is 4.93. The molecule has 0 aromatic heterocycles. The topological polar surface area (TPSA) is 40.6 Å².